The summed E-state index contributed by atoms with van der Waals surface area (Å²) in [7, 11) is 0. The van der Waals surface area contributed by atoms with Crippen LogP contribution in [0.5, 0.6) is 0 Å². The number of aryl methyl sites for hydroxylation is 1. The lowest BCUT2D eigenvalue weighted by Gasteiger charge is -2.19. The van der Waals surface area contributed by atoms with E-state index < -0.39 is 6.17 Å². The molecule has 0 saturated heterocycles. The van der Waals surface area contributed by atoms with E-state index in [-0.39, 0.29) is 5.41 Å². The lowest BCUT2D eigenvalue weighted by atomic mass is 9.86. The first kappa shape index (κ1) is 13.2. The number of halogens is 1. The molecule has 1 heteroatoms. The second-order valence-corrected chi connectivity index (χ2v) is 5.49. The van der Waals surface area contributed by atoms with Crippen molar-refractivity contribution in [1.82, 2.24) is 0 Å². The molecule has 0 N–H and O–H groups in total. The monoisotopic (exact) mass is 222 g/mol. The molecule has 0 nitrogen and oxygen atoms in total. The minimum Gasteiger partial charge on any atom is -0.247 e. The lowest BCUT2D eigenvalue weighted by Crippen LogP contribution is -2.11. The number of hydrogen-bond acceptors (Lipinski definition) is 0. The Morgan fingerprint density at radius 2 is 1.94 bits per heavy atom. The van der Waals surface area contributed by atoms with Crippen LogP contribution in [0.1, 0.15) is 51.7 Å². The maximum atomic E-state index is 13.2. The maximum Gasteiger partial charge on any atom is 0.100 e. The third-order valence-electron chi connectivity index (χ3n) is 2.98. The lowest BCUT2D eigenvalue weighted by molar-refractivity contribution is 0.306. The van der Waals surface area contributed by atoms with Crippen molar-refractivity contribution < 1.29 is 4.39 Å². The molecule has 0 aliphatic heterocycles. The summed E-state index contributed by atoms with van der Waals surface area (Å²) in [4.78, 5) is 0. The second kappa shape index (κ2) is 5.47. The summed E-state index contributed by atoms with van der Waals surface area (Å²) in [6.07, 6.45) is 1.46. The average molecular weight is 222 g/mol. The Morgan fingerprint density at radius 1 is 1.25 bits per heavy atom. The van der Waals surface area contributed by atoms with E-state index >= 15 is 0 Å². The van der Waals surface area contributed by atoms with Crippen molar-refractivity contribution in [2.24, 2.45) is 0 Å². The van der Waals surface area contributed by atoms with Gasteiger partial charge in [0.25, 0.3) is 0 Å². The zero-order chi connectivity index (χ0) is 12.2. The van der Waals surface area contributed by atoms with Crippen LogP contribution in [0.25, 0.3) is 0 Å². The van der Waals surface area contributed by atoms with Crippen LogP contribution in [0.3, 0.4) is 0 Å². The van der Waals surface area contributed by atoms with Crippen molar-refractivity contribution in [3.63, 3.8) is 0 Å². The van der Waals surface area contributed by atoms with Crippen LogP contribution in [-0.4, -0.2) is 6.17 Å². The van der Waals surface area contributed by atoms with Crippen LogP contribution in [0.4, 0.5) is 4.39 Å². The predicted octanol–water partition coefficient (Wildman–Crippen LogP) is 4.66. The highest BCUT2D eigenvalue weighted by atomic mass is 19.1. The van der Waals surface area contributed by atoms with Gasteiger partial charge in [-0.05, 0) is 35.8 Å². The third-order valence-corrected chi connectivity index (χ3v) is 2.98. The average Bonchev–Trinajstić information content (AvgIpc) is 2.25. The summed E-state index contributed by atoms with van der Waals surface area (Å²) in [6.45, 7) is 8.51. The molecule has 0 fully saturated rings. The Labute approximate surface area is 98.9 Å². The summed E-state index contributed by atoms with van der Waals surface area (Å²) in [5, 5.41) is 0. The van der Waals surface area contributed by atoms with Crippen molar-refractivity contribution in [2.45, 2.75) is 58.5 Å². The Balaban J connectivity index is 2.68. The van der Waals surface area contributed by atoms with Gasteiger partial charge in [-0.15, -0.1) is 0 Å². The number of alkyl halides is 1. The van der Waals surface area contributed by atoms with Crippen molar-refractivity contribution >= 4 is 0 Å². The van der Waals surface area contributed by atoms with Crippen LogP contribution in [0.2, 0.25) is 0 Å². The molecule has 0 amide bonds. The molecule has 16 heavy (non-hydrogen) atoms. The van der Waals surface area contributed by atoms with Crippen LogP contribution >= 0.6 is 0 Å². The van der Waals surface area contributed by atoms with Gasteiger partial charge in [0.1, 0.15) is 6.17 Å². The Kier molecular flexibility index (Phi) is 4.52. The maximum absolute atomic E-state index is 13.2. The van der Waals surface area contributed by atoms with Crippen LogP contribution in [0, 0.1) is 0 Å². The van der Waals surface area contributed by atoms with Crippen molar-refractivity contribution in [3.8, 4) is 0 Å². The number of hydrogen-bond donors (Lipinski definition) is 0. The standard InChI is InChI=1S/C15H23F/c1-5-14(16)10-9-12-7-6-8-13(11-12)15(2,3)4/h6-8,11,14H,5,9-10H2,1-4H3. The largest absolute Gasteiger partial charge is 0.247 e. The summed E-state index contributed by atoms with van der Waals surface area (Å²) >= 11 is 0. The Bertz CT molecular complexity index is 322. The van der Waals surface area contributed by atoms with Crippen molar-refractivity contribution in [1.29, 1.82) is 0 Å². The molecule has 0 heterocycles. The van der Waals surface area contributed by atoms with Gasteiger partial charge in [0.2, 0.25) is 0 Å². The zero-order valence-corrected chi connectivity index (χ0v) is 10.9. The molecule has 1 atom stereocenters. The molecule has 0 aliphatic carbocycles. The minimum atomic E-state index is -0.654. The first-order chi connectivity index (χ1) is 7.43. The minimum absolute atomic E-state index is 0.176. The second-order valence-electron chi connectivity index (χ2n) is 5.49. The Morgan fingerprint density at radius 3 is 2.50 bits per heavy atom. The van der Waals surface area contributed by atoms with Gasteiger partial charge < -0.3 is 0 Å². The van der Waals surface area contributed by atoms with E-state index in [0.717, 1.165) is 6.42 Å². The van der Waals surface area contributed by atoms with E-state index in [2.05, 4.69) is 45.0 Å². The SMILES string of the molecule is CCC(F)CCc1cccc(C(C)(C)C)c1. The summed E-state index contributed by atoms with van der Waals surface area (Å²) in [6, 6.07) is 8.53. The fourth-order valence-electron chi connectivity index (χ4n) is 1.72. The summed E-state index contributed by atoms with van der Waals surface area (Å²) in [5.74, 6) is 0. The molecule has 1 unspecified atom stereocenters. The summed E-state index contributed by atoms with van der Waals surface area (Å²) < 4.78 is 13.2. The highest BCUT2D eigenvalue weighted by molar-refractivity contribution is 5.28. The molecular formula is C15H23F. The first-order valence-corrected chi connectivity index (χ1v) is 6.17. The van der Waals surface area contributed by atoms with E-state index in [1.807, 2.05) is 6.92 Å². The molecule has 1 aromatic carbocycles. The topological polar surface area (TPSA) is 0 Å². The fraction of sp³-hybridized carbons (Fsp3) is 0.600. The van der Waals surface area contributed by atoms with E-state index in [4.69, 9.17) is 0 Å². The van der Waals surface area contributed by atoms with E-state index in [9.17, 15) is 4.39 Å². The van der Waals surface area contributed by atoms with Crippen LogP contribution in [-0.2, 0) is 11.8 Å². The van der Waals surface area contributed by atoms with Gasteiger partial charge in [-0.1, -0.05) is 52.0 Å². The highest BCUT2D eigenvalue weighted by Gasteiger charge is 2.13. The van der Waals surface area contributed by atoms with Gasteiger partial charge in [-0.25, -0.2) is 4.39 Å². The van der Waals surface area contributed by atoms with E-state index in [1.54, 1.807) is 0 Å². The molecule has 1 aromatic rings. The smallest absolute Gasteiger partial charge is 0.100 e. The summed E-state index contributed by atoms with van der Waals surface area (Å²) in [5.41, 5.74) is 2.76. The molecule has 0 spiro atoms. The number of rotatable bonds is 4. The first-order valence-electron chi connectivity index (χ1n) is 6.17. The molecule has 1 rings (SSSR count). The van der Waals surface area contributed by atoms with Gasteiger partial charge in [-0.2, -0.15) is 0 Å². The van der Waals surface area contributed by atoms with Gasteiger partial charge in [0, 0.05) is 0 Å². The molecule has 0 saturated carbocycles. The molecule has 90 valence electrons. The van der Waals surface area contributed by atoms with E-state index in [0.29, 0.717) is 12.8 Å². The van der Waals surface area contributed by atoms with Gasteiger partial charge in [0.05, 0.1) is 0 Å². The predicted molar refractivity (Wildman–Crippen MR) is 68.7 cm³/mol. The van der Waals surface area contributed by atoms with Crippen molar-refractivity contribution in [2.75, 3.05) is 0 Å². The van der Waals surface area contributed by atoms with E-state index in [1.165, 1.54) is 11.1 Å². The molecule has 0 aromatic heterocycles. The normalized spacial score (nSPS) is 13.8. The number of benzene rings is 1. The van der Waals surface area contributed by atoms with Gasteiger partial charge in [-0.3, -0.25) is 0 Å². The third kappa shape index (κ3) is 3.96. The fourth-order valence-corrected chi connectivity index (χ4v) is 1.72. The van der Waals surface area contributed by atoms with Crippen LogP contribution < -0.4 is 0 Å². The quantitative estimate of drug-likeness (QED) is 0.694. The molecular weight excluding hydrogens is 199 g/mol. The van der Waals surface area contributed by atoms with Crippen molar-refractivity contribution in [3.05, 3.63) is 35.4 Å². The molecule has 0 radical (unpaired) electrons. The molecule has 0 bridgehead atoms. The zero-order valence-electron chi connectivity index (χ0n) is 10.9. The van der Waals surface area contributed by atoms with Crippen LogP contribution in [0.15, 0.2) is 24.3 Å². The van der Waals surface area contributed by atoms with Gasteiger partial charge in [0.15, 0.2) is 0 Å². The Hall–Kier alpha value is -0.850. The van der Waals surface area contributed by atoms with Gasteiger partial charge >= 0.3 is 0 Å². The molecule has 0 aliphatic rings. The highest BCUT2D eigenvalue weighted by Crippen LogP contribution is 2.23.